The minimum atomic E-state index is -3.23. The highest BCUT2D eigenvalue weighted by Gasteiger charge is 2.37. The van der Waals surface area contributed by atoms with Gasteiger partial charge in [0.25, 0.3) is 0 Å². The molecule has 1 saturated heterocycles. The molecule has 1 rings (SSSR count). The van der Waals surface area contributed by atoms with E-state index in [1.54, 1.807) is 11.8 Å². The third-order valence-corrected chi connectivity index (χ3v) is 5.56. The van der Waals surface area contributed by atoms with Crippen molar-refractivity contribution in [3.05, 3.63) is 0 Å². The van der Waals surface area contributed by atoms with Gasteiger partial charge in [0.15, 0.2) is 9.84 Å². The first-order chi connectivity index (χ1) is 9.66. The average molecular weight is 320 g/mol. The summed E-state index contributed by atoms with van der Waals surface area (Å²) < 4.78 is 23.4. The van der Waals surface area contributed by atoms with Gasteiger partial charge in [-0.15, -0.1) is 0 Å². The second-order valence-electron chi connectivity index (χ2n) is 5.60. The Balaban J connectivity index is 2.81. The summed E-state index contributed by atoms with van der Waals surface area (Å²) in [5.74, 6) is -1.50. The van der Waals surface area contributed by atoms with Crippen molar-refractivity contribution in [1.29, 1.82) is 0 Å². The Morgan fingerprint density at radius 2 is 2.00 bits per heavy atom. The molecule has 0 spiro atoms. The number of carboxylic acids is 1. The van der Waals surface area contributed by atoms with Crippen molar-refractivity contribution in [2.45, 2.75) is 51.7 Å². The average Bonchev–Trinajstić information content (AvgIpc) is 2.36. The molecule has 0 aromatic carbocycles. The standard InChI is InChI=1S/C13H24N2O5S/c1-4-9(2)14-13(18)10(3)15-5-6-21(19,20)8-11(15)7-12(16)17/h9-11H,4-8H2,1-3H3,(H,14,18)(H,16,17). The van der Waals surface area contributed by atoms with E-state index in [0.29, 0.717) is 0 Å². The Labute approximate surface area is 125 Å². The highest BCUT2D eigenvalue weighted by molar-refractivity contribution is 7.91. The van der Waals surface area contributed by atoms with Gasteiger partial charge >= 0.3 is 5.97 Å². The number of nitrogens with zero attached hydrogens (tertiary/aromatic N) is 1. The lowest BCUT2D eigenvalue weighted by molar-refractivity contribution is -0.139. The normalized spacial score (nSPS) is 25.0. The van der Waals surface area contributed by atoms with E-state index in [2.05, 4.69) is 5.32 Å². The van der Waals surface area contributed by atoms with Crippen molar-refractivity contribution in [2.75, 3.05) is 18.1 Å². The Morgan fingerprint density at radius 3 is 2.52 bits per heavy atom. The molecule has 3 atom stereocenters. The van der Waals surface area contributed by atoms with Gasteiger partial charge in [-0.2, -0.15) is 0 Å². The molecule has 1 aliphatic heterocycles. The summed E-state index contributed by atoms with van der Waals surface area (Å²) in [7, 11) is -3.23. The quantitative estimate of drug-likeness (QED) is 0.706. The first-order valence-electron chi connectivity index (χ1n) is 7.14. The van der Waals surface area contributed by atoms with Crippen LogP contribution in [0.2, 0.25) is 0 Å². The van der Waals surface area contributed by atoms with Crippen molar-refractivity contribution in [3.8, 4) is 0 Å². The first kappa shape index (κ1) is 17.9. The van der Waals surface area contributed by atoms with E-state index < -0.39 is 27.9 Å². The molecule has 3 unspecified atom stereocenters. The van der Waals surface area contributed by atoms with E-state index in [1.165, 1.54) is 0 Å². The van der Waals surface area contributed by atoms with Gasteiger partial charge in [-0.3, -0.25) is 14.5 Å². The van der Waals surface area contributed by atoms with Crippen molar-refractivity contribution < 1.29 is 23.1 Å². The predicted molar refractivity (Wildman–Crippen MR) is 78.8 cm³/mol. The van der Waals surface area contributed by atoms with E-state index in [9.17, 15) is 18.0 Å². The Kier molecular flexibility index (Phi) is 6.15. The van der Waals surface area contributed by atoms with Crippen molar-refractivity contribution in [2.24, 2.45) is 0 Å². The SMILES string of the molecule is CCC(C)NC(=O)C(C)N1CCS(=O)(=O)CC1CC(=O)O. The zero-order valence-corrected chi connectivity index (χ0v) is 13.5. The maximum absolute atomic E-state index is 12.2. The summed E-state index contributed by atoms with van der Waals surface area (Å²) >= 11 is 0. The molecule has 122 valence electrons. The van der Waals surface area contributed by atoms with Crippen LogP contribution in [0.15, 0.2) is 0 Å². The summed E-state index contributed by atoms with van der Waals surface area (Å²) in [5, 5.41) is 11.8. The van der Waals surface area contributed by atoms with Crippen LogP contribution in [-0.4, -0.2) is 66.5 Å². The number of hydrogen-bond donors (Lipinski definition) is 2. The van der Waals surface area contributed by atoms with E-state index in [0.717, 1.165) is 6.42 Å². The number of nitrogens with one attached hydrogen (secondary N) is 1. The molecule has 21 heavy (non-hydrogen) atoms. The topological polar surface area (TPSA) is 104 Å². The molecule has 1 aliphatic rings. The van der Waals surface area contributed by atoms with Gasteiger partial charge in [-0.05, 0) is 20.3 Å². The highest BCUT2D eigenvalue weighted by atomic mass is 32.2. The molecule has 0 bridgehead atoms. The zero-order chi connectivity index (χ0) is 16.2. The monoisotopic (exact) mass is 320 g/mol. The molecule has 0 saturated carbocycles. The highest BCUT2D eigenvalue weighted by Crippen LogP contribution is 2.18. The largest absolute Gasteiger partial charge is 0.481 e. The first-order valence-corrected chi connectivity index (χ1v) is 8.96. The lowest BCUT2D eigenvalue weighted by Crippen LogP contribution is -2.57. The smallest absolute Gasteiger partial charge is 0.304 e. The van der Waals surface area contributed by atoms with Crippen LogP contribution >= 0.6 is 0 Å². The third kappa shape index (κ3) is 5.28. The van der Waals surface area contributed by atoms with Crippen LogP contribution < -0.4 is 5.32 Å². The van der Waals surface area contributed by atoms with Gasteiger partial charge in [-0.1, -0.05) is 6.92 Å². The minimum Gasteiger partial charge on any atom is -0.481 e. The molecule has 0 radical (unpaired) electrons. The summed E-state index contributed by atoms with van der Waals surface area (Å²) in [6.07, 6.45) is 0.519. The van der Waals surface area contributed by atoms with Crippen LogP contribution in [-0.2, 0) is 19.4 Å². The van der Waals surface area contributed by atoms with Crippen molar-refractivity contribution in [3.63, 3.8) is 0 Å². The van der Waals surface area contributed by atoms with Crippen LogP contribution in [0, 0.1) is 0 Å². The fraction of sp³-hybridized carbons (Fsp3) is 0.846. The summed E-state index contributed by atoms with van der Waals surface area (Å²) in [6, 6.07) is -1.16. The zero-order valence-electron chi connectivity index (χ0n) is 12.7. The molecule has 0 aliphatic carbocycles. The molecular weight excluding hydrogens is 296 g/mol. The van der Waals surface area contributed by atoms with Gasteiger partial charge in [-0.25, -0.2) is 8.42 Å². The summed E-state index contributed by atoms with van der Waals surface area (Å²) in [6.45, 7) is 5.72. The fourth-order valence-corrected chi connectivity index (χ4v) is 3.95. The lowest BCUT2D eigenvalue weighted by atomic mass is 10.1. The van der Waals surface area contributed by atoms with Crippen LogP contribution in [0.25, 0.3) is 0 Å². The molecule has 1 heterocycles. The van der Waals surface area contributed by atoms with Gasteiger partial charge < -0.3 is 10.4 Å². The number of amides is 1. The molecule has 8 heteroatoms. The maximum Gasteiger partial charge on any atom is 0.304 e. The van der Waals surface area contributed by atoms with Gasteiger partial charge in [0, 0.05) is 18.6 Å². The second-order valence-corrected chi connectivity index (χ2v) is 7.83. The Morgan fingerprint density at radius 1 is 1.38 bits per heavy atom. The number of aliphatic carboxylic acids is 1. The van der Waals surface area contributed by atoms with Crippen LogP contribution in [0.3, 0.4) is 0 Å². The molecule has 7 nitrogen and oxygen atoms in total. The second kappa shape index (κ2) is 7.22. The number of sulfone groups is 1. The lowest BCUT2D eigenvalue weighted by Gasteiger charge is -2.38. The molecule has 2 N–H and O–H groups in total. The molecular formula is C13H24N2O5S. The van der Waals surface area contributed by atoms with Crippen LogP contribution in [0.5, 0.6) is 0 Å². The number of carboxylic acid groups (broad SMARTS) is 1. The number of carbonyl (C=O) groups is 2. The van der Waals surface area contributed by atoms with Gasteiger partial charge in [0.2, 0.25) is 5.91 Å². The van der Waals surface area contributed by atoms with E-state index in [-0.39, 0.29) is 36.4 Å². The third-order valence-electron chi connectivity index (χ3n) is 3.86. The molecule has 1 amide bonds. The molecule has 0 aromatic heterocycles. The van der Waals surface area contributed by atoms with Crippen LogP contribution in [0.4, 0.5) is 0 Å². The Bertz CT molecular complexity index is 491. The van der Waals surface area contributed by atoms with E-state index in [4.69, 9.17) is 5.11 Å². The van der Waals surface area contributed by atoms with Gasteiger partial charge in [0.05, 0.1) is 24.0 Å². The van der Waals surface area contributed by atoms with Gasteiger partial charge in [0.1, 0.15) is 0 Å². The summed E-state index contributed by atoms with van der Waals surface area (Å²) in [5.41, 5.74) is 0. The van der Waals surface area contributed by atoms with Crippen molar-refractivity contribution in [1.82, 2.24) is 10.2 Å². The molecule has 0 aromatic rings. The predicted octanol–water partition coefficient (Wildman–Crippen LogP) is -0.137. The number of rotatable bonds is 6. The van der Waals surface area contributed by atoms with Crippen molar-refractivity contribution >= 4 is 21.7 Å². The fourth-order valence-electron chi connectivity index (χ4n) is 2.40. The molecule has 1 fully saturated rings. The maximum atomic E-state index is 12.2. The van der Waals surface area contributed by atoms with Crippen LogP contribution in [0.1, 0.15) is 33.6 Å². The number of carbonyl (C=O) groups excluding carboxylic acids is 1. The number of hydrogen-bond acceptors (Lipinski definition) is 5. The Hall–Kier alpha value is -1.15. The van der Waals surface area contributed by atoms with E-state index in [1.807, 2.05) is 13.8 Å². The van der Waals surface area contributed by atoms with E-state index >= 15 is 0 Å². The minimum absolute atomic E-state index is 0.0337. The summed E-state index contributed by atoms with van der Waals surface area (Å²) in [4.78, 5) is 24.8.